The summed E-state index contributed by atoms with van der Waals surface area (Å²) in [6.07, 6.45) is 4.91. The maximum Gasteiger partial charge on any atom is 0.251 e. The van der Waals surface area contributed by atoms with Crippen molar-refractivity contribution in [2.24, 2.45) is 0 Å². The van der Waals surface area contributed by atoms with Crippen molar-refractivity contribution >= 4 is 0 Å². The summed E-state index contributed by atoms with van der Waals surface area (Å²) in [6.45, 7) is 2.06. The van der Waals surface area contributed by atoms with Crippen LogP contribution >= 0.6 is 0 Å². The molecule has 0 amide bonds. The van der Waals surface area contributed by atoms with Crippen LogP contribution in [0.15, 0.2) is 33.9 Å². The summed E-state index contributed by atoms with van der Waals surface area (Å²) in [5.74, 6) is 0.569. The molecular formula is C11H12N2O2. The van der Waals surface area contributed by atoms with Crippen LogP contribution in [0.25, 0.3) is 11.4 Å². The van der Waals surface area contributed by atoms with Crippen molar-refractivity contribution < 1.29 is 4.42 Å². The van der Waals surface area contributed by atoms with Gasteiger partial charge < -0.3 is 9.40 Å². The van der Waals surface area contributed by atoms with E-state index in [1.807, 2.05) is 0 Å². The SMILES string of the molecule is CCCc1cc(=O)[nH]c(-c2ccoc2)n1. The summed E-state index contributed by atoms with van der Waals surface area (Å²) in [5.41, 5.74) is 1.49. The maximum atomic E-state index is 11.4. The van der Waals surface area contributed by atoms with Crippen LogP contribution in [-0.2, 0) is 6.42 Å². The number of aromatic nitrogens is 2. The van der Waals surface area contributed by atoms with E-state index >= 15 is 0 Å². The number of nitrogens with one attached hydrogen (secondary N) is 1. The Morgan fingerprint density at radius 2 is 2.40 bits per heavy atom. The first-order chi connectivity index (χ1) is 7.29. The Kier molecular flexibility index (Phi) is 2.67. The largest absolute Gasteiger partial charge is 0.472 e. The lowest BCUT2D eigenvalue weighted by Gasteiger charge is -2.00. The lowest BCUT2D eigenvalue weighted by molar-refractivity contribution is 0.568. The van der Waals surface area contributed by atoms with Crippen molar-refractivity contribution in [2.75, 3.05) is 0 Å². The molecule has 0 aromatic carbocycles. The highest BCUT2D eigenvalue weighted by Crippen LogP contribution is 2.13. The van der Waals surface area contributed by atoms with Crippen molar-refractivity contribution in [3.8, 4) is 11.4 Å². The standard InChI is InChI=1S/C11H12N2O2/c1-2-3-9-6-10(14)13-11(12-9)8-4-5-15-7-8/h4-7H,2-3H2,1H3,(H,12,13,14). The molecule has 0 aliphatic rings. The molecule has 4 heteroatoms. The van der Waals surface area contributed by atoms with Crippen LogP contribution in [0.2, 0.25) is 0 Å². The van der Waals surface area contributed by atoms with Gasteiger partial charge in [-0.3, -0.25) is 4.79 Å². The number of furan rings is 1. The van der Waals surface area contributed by atoms with Crippen LogP contribution in [0.4, 0.5) is 0 Å². The van der Waals surface area contributed by atoms with Crippen LogP contribution in [0.5, 0.6) is 0 Å². The molecule has 0 saturated heterocycles. The van der Waals surface area contributed by atoms with Gasteiger partial charge in [0.25, 0.3) is 5.56 Å². The topological polar surface area (TPSA) is 58.9 Å². The Morgan fingerprint density at radius 3 is 3.07 bits per heavy atom. The van der Waals surface area contributed by atoms with E-state index in [0.717, 1.165) is 24.1 Å². The molecule has 0 aliphatic carbocycles. The van der Waals surface area contributed by atoms with E-state index in [9.17, 15) is 4.79 Å². The van der Waals surface area contributed by atoms with E-state index in [0.29, 0.717) is 5.82 Å². The van der Waals surface area contributed by atoms with Gasteiger partial charge >= 0.3 is 0 Å². The van der Waals surface area contributed by atoms with E-state index in [4.69, 9.17) is 4.42 Å². The van der Waals surface area contributed by atoms with Crippen molar-refractivity contribution in [3.63, 3.8) is 0 Å². The number of aryl methyl sites for hydroxylation is 1. The fourth-order valence-corrected chi connectivity index (χ4v) is 1.43. The molecule has 2 aromatic rings. The molecule has 0 aliphatic heterocycles. The predicted molar refractivity (Wildman–Crippen MR) is 56.6 cm³/mol. The molecule has 78 valence electrons. The van der Waals surface area contributed by atoms with Gasteiger partial charge in [0.1, 0.15) is 12.1 Å². The van der Waals surface area contributed by atoms with Gasteiger partial charge in [0.2, 0.25) is 0 Å². The lowest BCUT2D eigenvalue weighted by Crippen LogP contribution is -2.10. The van der Waals surface area contributed by atoms with Crippen LogP contribution in [0, 0.1) is 0 Å². The molecule has 0 saturated carbocycles. The van der Waals surface area contributed by atoms with Gasteiger partial charge in [-0.2, -0.15) is 0 Å². The minimum Gasteiger partial charge on any atom is -0.472 e. The van der Waals surface area contributed by atoms with Gasteiger partial charge in [-0.05, 0) is 12.5 Å². The summed E-state index contributed by atoms with van der Waals surface area (Å²) in [5, 5.41) is 0. The molecule has 1 N–H and O–H groups in total. The first-order valence-corrected chi connectivity index (χ1v) is 4.92. The van der Waals surface area contributed by atoms with Gasteiger partial charge in [0.05, 0.1) is 11.8 Å². The van der Waals surface area contributed by atoms with Crippen molar-refractivity contribution in [2.45, 2.75) is 19.8 Å². The molecule has 0 bridgehead atoms. The Balaban J connectivity index is 2.44. The zero-order valence-electron chi connectivity index (χ0n) is 8.49. The molecule has 2 heterocycles. The number of H-pyrrole nitrogens is 1. The lowest BCUT2D eigenvalue weighted by atomic mass is 10.2. The molecule has 0 fully saturated rings. The van der Waals surface area contributed by atoms with Crippen molar-refractivity contribution in [3.05, 3.63) is 40.7 Å². The first kappa shape index (κ1) is 9.71. The average molecular weight is 204 g/mol. The Morgan fingerprint density at radius 1 is 1.53 bits per heavy atom. The number of nitrogens with zero attached hydrogens (tertiary/aromatic N) is 1. The molecule has 0 spiro atoms. The quantitative estimate of drug-likeness (QED) is 0.831. The summed E-state index contributed by atoms with van der Waals surface area (Å²) < 4.78 is 4.95. The summed E-state index contributed by atoms with van der Waals surface area (Å²) in [7, 11) is 0. The number of hydrogen-bond acceptors (Lipinski definition) is 3. The fraction of sp³-hybridized carbons (Fsp3) is 0.273. The third-order valence-electron chi connectivity index (χ3n) is 2.10. The van der Waals surface area contributed by atoms with E-state index in [1.165, 1.54) is 6.07 Å². The minimum absolute atomic E-state index is 0.121. The predicted octanol–water partition coefficient (Wildman–Crippen LogP) is 1.98. The van der Waals surface area contributed by atoms with Gasteiger partial charge in [0.15, 0.2) is 0 Å². The van der Waals surface area contributed by atoms with Gasteiger partial charge in [-0.15, -0.1) is 0 Å². The van der Waals surface area contributed by atoms with Gasteiger partial charge in [-0.1, -0.05) is 13.3 Å². The van der Waals surface area contributed by atoms with Crippen LogP contribution in [0.1, 0.15) is 19.0 Å². The number of rotatable bonds is 3. The highest BCUT2D eigenvalue weighted by molar-refractivity contribution is 5.52. The molecule has 0 atom stereocenters. The molecule has 2 aromatic heterocycles. The molecule has 2 rings (SSSR count). The van der Waals surface area contributed by atoms with Gasteiger partial charge in [-0.25, -0.2) is 4.98 Å². The highest BCUT2D eigenvalue weighted by Gasteiger charge is 2.04. The number of hydrogen-bond donors (Lipinski definition) is 1. The average Bonchev–Trinajstić information content (AvgIpc) is 2.70. The monoisotopic (exact) mass is 204 g/mol. The van der Waals surface area contributed by atoms with Gasteiger partial charge in [0, 0.05) is 11.8 Å². The second kappa shape index (κ2) is 4.13. The zero-order valence-corrected chi connectivity index (χ0v) is 8.49. The first-order valence-electron chi connectivity index (χ1n) is 4.92. The fourth-order valence-electron chi connectivity index (χ4n) is 1.43. The Hall–Kier alpha value is -1.84. The summed E-state index contributed by atoms with van der Waals surface area (Å²) in [6, 6.07) is 3.31. The Labute approximate surface area is 87.0 Å². The molecular weight excluding hydrogens is 192 g/mol. The third kappa shape index (κ3) is 2.15. The highest BCUT2D eigenvalue weighted by atomic mass is 16.3. The minimum atomic E-state index is -0.121. The normalized spacial score (nSPS) is 10.5. The Bertz CT molecular complexity index is 486. The van der Waals surface area contributed by atoms with Crippen molar-refractivity contribution in [1.82, 2.24) is 9.97 Å². The maximum absolute atomic E-state index is 11.4. The second-order valence-corrected chi connectivity index (χ2v) is 3.35. The van der Waals surface area contributed by atoms with Crippen LogP contribution < -0.4 is 5.56 Å². The van der Waals surface area contributed by atoms with Crippen molar-refractivity contribution in [1.29, 1.82) is 0 Å². The smallest absolute Gasteiger partial charge is 0.251 e. The summed E-state index contributed by atoms with van der Waals surface area (Å²) >= 11 is 0. The molecule has 4 nitrogen and oxygen atoms in total. The van der Waals surface area contributed by atoms with E-state index < -0.39 is 0 Å². The van der Waals surface area contributed by atoms with E-state index in [2.05, 4.69) is 16.9 Å². The number of aromatic amines is 1. The second-order valence-electron chi connectivity index (χ2n) is 3.35. The van der Waals surface area contributed by atoms with Crippen LogP contribution in [0.3, 0.4) is 0 Å². The third-order valence-corrected chi connectivity index (χ3v) is 2.10. The van der Waals surface area contributed by atoms with Crippen LogP contribution in [-0.4, -0.2) is 9.97 Å². The molecule has 0 radical (unpaired) electrons. The zero-order chi connectivity index (χ0) is 10.7. The van der Waals surface area contributed by atoms with E-state index in [-0.39, 0.29) is 5.56 Å². The van der Waals surface area contributed by atoms with E-state index in [1.54, 1.807) is 18.6 Å². The molecule has 15 heavy (non-hydrogen) atoms. The summed E-state index contributed by atoms with van der Waals surface area (Å²) in [4.78, 5) is 18.4. The molecule has 0 unspecified atom stereocenters.